The van der Waals surface area contributed by atoms with Crippen LogP contribution in [0.3, 0.4) is 0 Å². The van der Waals surface area contributed by atoms with Gasteiger partial charge in [-0.15, -0.1) is 0 Å². The van der Waals surface area contributed by atoms with Crippen molar-refractivity contribution >= 4 is 6.03 Å². The molecule has 2 bridgehead atoms. The van der Waals surface area contributed by atoms with Crippen LogP contribution in [0.15, 0.2) is 24.3 Å². The van der Waals surface area contributed by atoms with Gasteiger partial charge in [-0.2, -0.15) is 0 Å². The van der Waals surface area contributed by atoms with E-state index in [2.05, 4.69) is 22.8 Å². The molecule has 2 N–H and O–H groups in total. The molecule has 0 saturated heterocycles. The standard InChI is InChI=1S/C20H28N2O2/c1-24-15-7-5-13(6-8-15)9-10-21-20(23)22-19-12-14-11-18(19)17-4-2-3-16(14)17/h5-8,14,16-19H,2-4,9-12H2,1H3,(H2,21,22,23)/t14-,16-,17+,18+,19+/m0/s1. The van der Waals surface area contributed by atoms with Gasteiger partial charge in [0.05, 0.1) is 7.11 Å². The molecule has 0 radical (unpaired) electrons. The molecule has 0 unspecified atom stereocenters. The van der Waals surface area contributed by atoms with Crippen molar-refractivity contribution < 1.29 is 9.53 Å². The molecule has 0 heterocycles. The summed E-state index contributed by atoms with van der Waals surface area (Å²) < 4.78 is 5.16. The number of rotatable bonds is 5. The zero-order valence-electron chi connectivity index (χ0n) is 14.5. The molecule has 4 rings (SSSR count). The largest absolute Gasteiger partial charge is 0.497 e. The molecule has 1 aromatic rings. The van der Waals surface area contributed by atoms with Crippen molar-refractivity contribution in [2.45, 2.75) is 44.6 Å². The van der Waals surface area contributed by atoms with Gasteiger partial charge < -0.3 is 15.4 Å². The highest BCUT2D eigenvalue weighted by atomic mass is 16.5. The maximum absolute atomic E-state index is 12.2. The van der Waals surface area contributed by atoms with Crippen LogP contribution in [0.2, 0.25) is 0 Å². The predicted octanol–water partition coefficient (Wildman–Crippen LogP) is 3.36. The number of hydrogen-bond acceptors (Lipinski definition) is 2. The Balaban J connectivity index is 1.21. The molecule has 24 heavy (non-hydrogen) atoms. The lowest BCUT2D eigenvalue weighted by molar-refractivity contribution is 0.198. The van der Waals surface area contributed by atoms with E-state index in [0.29, 0.717) is 12.6 Å². The van der Waals surface area contributed by atoms with Gasteiger partial charge in [0.15, 0.2) is 0 Å². The molecule has 0 aliphatic heterocycles. The van der Waals surface area contributed by atoms with Gasteiger partial charge in [0.2, 0.25) is 0 Å². The van der Waals surface area contributed by atoms with E-state index >= 15 is 0 Å². The Labute approximate surface area is 144 Å². The summed E-state index contributed by atoms with van der Waals surface area (Å²) >= 11 is 0. The van der Waals surface area contributed by atoms with E-state index in [1.165, 1.54) is 37.7 Å². The molecule has 3 aliphatic rings. The van der Waals surface area contributed by atoms with Crippen molar-refractivity contribution in [2.75, 3.05) is 13.7 Å². The highest BCUT2D eigenvalue weighted by Gasteiger charge is 2.53. The third kappa shape index (κ3) is 2.99. The van der Waals surface area contributed by atoms with Crippen molar-refractivity contribution in [3.8, 4) is 5.75 Å². The average Bonchev–Trinajstić information content (AvgIpc) is 3.28. The van der Waals surface area contributed by atoms with Crippen LogP contribution in [0.1, 0.15) is 37.7 Å². The maximum atomic E-state index is 12.2. The molecule has 3 aliphatic carbocycles. The Bertz CT molecular complexity index is 586. The Morgan fingerprint density at radius 1 is 1.12 bits per heavy atom. The third-order valence-electron chi connectivity index (χ3n) is 6.60. The lowest BCUT2D eigenvalue weighted by Gasteiger charge is -2.32. The fraction of sp³-hybridized carbons (Fsp3) is 0.650. The van der Waals surface area contributed by atoms with Gasteiger partial charge in [-0.25, -0.2) is 4.79 Å². The Kier molecular flexibility index (Phi) is 4.38. The number of amides is 2. The number of benzene rings is 1. The van der Waals surface area contributed by atoms with Crippen LogP contribution in [0, 0.1) is 23.7 Å². The lowest BCUT2D eigenvalue weighted by atomic mass is 9.79. The minimum absolute atomic E-state index is 0.00982. The second-order valence-electron chi connectivity index (χ2n) is 7.76. The highest BCUT2D eigenvalue weighted by Crippen LogP contribution is 2.58. The first kappa shape index (κ1) is 15.8. The SMILES string of the molecule is COc1ccc(CCNC(=O)N[C@@H]2C[C@@H]3C[C@@H]2[C@@H]2CCC[C@@H]32)cc1. The summed E-state index contributed by atoms with van der Waals surface area (Å²) in [7, 11) is 1.67. The van der Waals surface area contributed by atoms with Gasteiger partial charge in [0.25, 0.3) is 0 Å². The van der Waals surface area contributed by atoms with Gasteiger partial charge >= 0.3 is 6.03 Å². The van der Waals surface area contributed by atoms with Crippen molar-refractivity contribution in [2.24, 2.45) is 23.7 Å². The van der Waals surface area contributed by atoms with Crippen LogP contribution in [0.5, 0.6) is 5.75 Å². The summed E-state index contributed by atoms with van der Waals surface area (Å²) in [5.74, 6) is 4.37. The summed E-state index contributed by atoms with van der Waals surface area (Å²) in [5, 5.41) is 6.28. The van der Waals surface area contributed by atoms with Crippen molar-refractivity contribution in [3.63, 3.8) is 0 Å². The minimum Gasteiger partial charge on any atom is -0.497 e. The number of nitrogens with one attached hydrogen (secondary N) is 2. The number of carbonyl (C=O) groups is 1. The molecule has 0 spiro atoms. The maximum Gasteiger partial charge on any atom is 0.315 e. The summed E-state index contributed by atoms with van der Waals surface area (Å²) in [5.41, 5.74) is 1.21. The van der Waals surface area contributed by atoms with Crippen LogP contribution in [0.25, 0.3) is 0 Å². The molecule has 3 fully saturated rings. The Morgan fingerprint density at radius 3 is 2.71 bits per heavy atom. The first-order valence-electron chi connectivity index (χ1n) is 9.42. The van der Waals surface area contributed by atoms with E-state index in [9.17, 15) is 4.79 Å². The molecular weight excluding hydrogens is 300 g/mol. The molecule has 4 heteroatoms. The second-order valence-corrected chi connectivity index (χ2v) is 7.76. The molecule has 1 aromatic carbocycles. The molecule has 4 nitrogen and oxygen atoms in total. The zero-order valence-corrected chi connectivity index (χ0v) is 14.5. The number of hydrogen-bond donors (Lipinski definition) is 2. The number of urea groups is 1. The van der Waals surface area contributed by atoms with Crippen LogP contribution in [0.4, 0.5) is 4.79 Å². The number of ether oxygens (including phenoxy) is 1. The quantitative estimate of drug-likeness (QED) is 0.871. The van der Waals surface area contributed by atoms with E-state index in [4.69, 9.17) is 4.74 Å². The predicted molar refractivity (Wildman–Crippen MR) is 94.1 cm³/mol. The van der Waals surface area contributed by atoms with E-state index in [0.717, 1.165) is 35.8 Å². The van der Waals surface area contributed by atoms with E-state index in [-0.39, 0.29) is 6.03 Å². The molecule has 130 valence electrons. The third-order valence-corrected chi connectivity index (χ3v) is 6.60. The smallest absolute Gasteiger partial charge is 0.315 e. The summed E-state index contributed by atoms with van der Waals surface area (Å²) in [6, 6.07) is 8.44. The van der Waals surface area contributed by atoms with E-state index in [1.54, 1.807) is 7.11 Å². The van der Waals surface area contributed by atoms with Crippen molar-refractivity contribution in [3.05, 3.63) is 29.8 Å². The van der Waals surface area contributed by atoms with Gasteiger partial charge in [-0.05, 0) is 73.5 Å². The van der Waals surface area contributed by atoms with Gasteiger partial charge in [-0.1, -0.05) is 18.6 Å². The van der Waals surface area contributed by atoms with Gasteiger partial charge in [-0.3, -0.25) is 0 Å². The first-order chi connectivity index (χ1) is 11.7. The summed E-state index contributed by atoms with van der Waals surface area (Å²) in [6.45, 7) is 0.672. The average molecular weight is 328 g/mol. The fourth-order valence-corrected chi connectivity index (χ4v) is 5.57. The topological polar surface area (TPSA) is 50.4 Å². The molecule has 5 atom stereocenters. The number of carbonyl (C=O) groups excluding carboxylic acids is 1. The monoisotopic (exact) mass is 328 g/mol. The van der Waals surface area contributed by atoms with Crippen molar-refractivity contribution in [1.82, 2.24) is 10.6 Å². The molecular formula is C20H28N2O2. The van der Waals surface area contributed by atoms with Crippen LogP contribution >= 0.6 is 0 Å². The van der Waals surface area contributed by atoms with E-state index < -0.39 is 0 Å². The van der Waals surface area contributed by atoms with Crippen LogP contribution in [-0.4, -0.2) is 25.7 Å². The fourth-order valence-electron chi connectivity index (χ4n) is 5.57. The van der Waals surface area contributed by atoms with Gasteiger partial charge in [0.1, 0.15) is 5.75 Å². The molecule has 0 aromatic heterocycles. The number of fused-ring (bicyclic) bond motifs is 5. The second kappa shape index (κ2) is 6.66. The zero-order chi connectivity index (χ0) is 16.5. The van der Waals surface area contributed by atoms with Gasteiger partial charge in [0, 0.05) is 12.6 Å². The minimum atomic E-state index is 0.00982. The molecule has 3 saturated carbocycles. The van der Waals surface area contributed by atoms with Crippen LogP contribution in [-0.2, 0) is 6.42 Å². The summed E-state index contributed by atoms with van der Waals surface area (Å²) in [6.07, 6.45) is 7.64. The first-order valence-corrected chi connectivity index (χ1v) is 9.42. The summed E-state index contributed by atoms with van der Waals surface area (Å²) in [4.78, 5) is 12.2. The highest BCUT2D eigenvalue weighted by molar-refractivity contribution is 5.74. The Morgan fingerprint density at radius 2 is 1.92 bits per heavy atom. The molecule has 2 amide bonds. The number of methoxy groups -OCH3 is 1. The van der Waals surface area contributed by atoms with Crippen molar-refractivity contribution in [1.29, 1.82) is 0 Å². The lowest BCUT2D eigenvalue weighted by Crippen LogP contribution is -2.47. The Hall–Kier alpha value is -1.71. The van der Waals surface area contributed by atoms with E-state index in [1.807, 2.05) is 12.1 Å². The van der Waals surface area contributed by atoms with Crippen LogP contribution < -0.4 is 15.4 Å². The normalized spacial score (nSPS) is 33.3.